The molecule has 0 aliphatic heterocycles. The first-order valence-electron chi connectivity index (χ1n) is 18.0. The fraction of sp³-hybridized carbons (Fsp3) is 0.488. The Morgan fingerprint density at radius 3 is 1.84 bits per heavy atom. The smallest absolute Gasteiger partial charge is 0.340 e. The molecule has 1 fully saturated rings. The van der Waals surface area contributed by atoms with Crippen molar-refractivity contribution in [1.29, 1.82) is 0 Å². The number of hydrogen-bond acceptors (Lipinski definition) is 15. The van der Waals surface area contributed by atoms with Gasteiger partial charge in [0.05, 0.1) is 17.0 Å². The van der Waals surface area contributed by atoms with Crippen molar-refractivity contribution in [2.24, 2.45) is 17.3 Å². The molecule has 2 aliphatic carbocycles. The molecule has 2 aliphatic rings. The molecule has 15 nitrogen and oxygen atoms in total. The first kappa shape index (κ1) is 43.3. The van der Waals surface area contributed by atoms with Crippen molar-refractivity contribution in [3.63, 3.8) is 0 Å². The minimum atomic E-state index is -2.38. The number of aromatic nitrogens is 1. The minimum absolute atomic E-state index is 0.0402. The third-order valence-electron chi connectivity index (χ3n) is 9.98. The van der Waals surface area contributed by atoms with Gasteiger partial charge in [0, 0.05) is 63.4 Å². The zero-order chi connectivity index (χ0) is 41.7. The summed E-state index contributed by atoms with van der Waals surface area (Å²) in [4.78, 5) is 82.7. The van der Waals surface area contributed by atoms with E-state index in [4.69, 9.17) is 28.4 Å². The van der Waals surface area contributed by atoms with Crippen LogP contribution >= 0.6 is 0 Å². The number of carbonyl (C=O) groups excluding carboxylic acids is 6. The molecule has 0 saturated heterocycles. The lowest BCUT2D eigenvalue weighted by molar-refractivity contribution is -0.193. The number of esters is 6. The van der Waals surface area contributed by atoms with Gasteiger partial charge in [0.1, 0.15) is 35.6 Å². The number of rotatable bonds is 8. The van der Waals surface area contributed by atoms with E-state index in [0.717, 1.165) is 27.7 Å². The maximum absolute atomic E-state index is 13.8. The van der Waals surface area contributed by atoms with Crippen molar-refractivity contribution in [1.82, 2.24) is 4.98 Å². The minimum Gasteiger partial charge on any atom is -0.459 e. The van der Waals surface area contributed by atoms with E-state index in [0.29, 0.717) is 0 Å². The van der Waals surface area contributed by atoms with Crippen LogP contribution in [-0.2, 0) is 47.6 Å². The highest BCUT2D eigenvalue weighted by molar-refractivity contribution is 5.90. The topological polar surface area (TPSA) is 211 Å². The van der Waals surface area contributed by atoms with E-state index in [-0.39, 0.29) is 16.7 Å². The quantitative estimate of drug-likeness (QED) is 0.221. The molecule has 10 atom stereocenters. The summed E-state index contributed by atoms with van der Waals surface area (Å²) in [7, 11) is 0. The molecular weight excluding hydrogens is 730 g/mol. The number of nitrogens with zero attached hydrogens (tertiary/aromatic N) is 1. The fourth-order valence-electron chi connectivity index (χ4n) is 7.70. The number of carbonyl (C=O) groups is 6. The van der Waals surface area contributed by atoms with Gasteiger partial charge in [-0.3, -0.25) is 24.2 Å². The van der Waals surface area contributed by atoms with Gasteiger partial charge in [-0.1, -0.05) is 57.7 Å². The lowest BCUT2D eigenvalue weighted by Crippen LogP contribution is -2.59. The van der Waals surface area contributed by atoms with Crippen LogP contribution in [0, 0.1) is 17.3 Å². The normalized spacial score (nSPS) is 31.3. The molecule has 56 heavy (non-hydrogen) atoms. The zero-order valence-electron chi connectivity index (χ0n) is 32.6. The summed E-state index contributed by atoms with van der Waals surface area (Å²) < 4.78 is 35.3. The third-order valence-corrected chi connectivity index (χ3v) is 9.98. The van der Waals surface area contributed by atoms with E-state index in [1.807, 2.05) is 0 Å². The van der Waals surface area contributed by atoms with Crippen molar-refractivity contribution in [2.45, 2.75) is 110 Å². The maximum Gasteiger partial charge on any atom is 0.340 e. The molecule has 1 aromatic carbocycles. The molecule has 1 heterocycles. The van der Waals surface area contributed by atoms with Crippen LogP contribution in [0.15, 0.2) is 79.2 Å². The van der Waals surface area contributed by atoms with Gasteiger partial charge < -0.3 is 38.6 Å². The van der Waals surface area contributed by atoms with E-state index in [1.165, 1.54) is 43.6 Å². The molecular formula is C41H49NO14. The van der Waals surface area contributed by atoms with Gasteiger partial charge in [0.2, 0.25) is 0 Å². The largest absolute Gasteiger partial charge is 0.459 e. The predicted molar refractivity (Wildman–Crippen MR) is 196 cm³/mol. The van der Waals surface area contributed by atoms with E-state index in [9.17, 15) is 39.0 Å². The van der Waals surface area contributed by atoms with Crippen LogP contribution in [0.4, 0.5) is 0 Å². The first-order chi connectivity index (χ1) is 26.1. The second-order valence-electron chi connectivity index (χ2n) is 15.1. The Bertz CT molecular complexity index is 1840. The Kier molecular flexibility index (Phi) is 13.3. The standard InChI is InChI=1S/C41H49NO14/c1-22-17-18-39(7,8)36(55-38(49)29-16-13-19-42-20-29)31(47)33(52-25(4)44)23(2)32(51-24(3)43)30-35(54-37(48)28-14-11-10-12-15-28)40(9,56-27(6)46)21-41(30,50)34(22)53-26(5)45/h10-20,22,30-36,47,50H,2,21H2,1,3-9H3/t22?,30?,31?,32?,33?,34?,35?,36?,40-,41-/m1/s1. The molecule has 2 N–H and O–H groups in total. The van der Waals surface area contributed by atoms with Crippen LogP contribution in [0.1, 0.15) is 82.5 Å². The Morgan fingerprint density at radius 1 is 0.732 bits per heavy atom. The molecule has 1 saturated carbocycles. The summed E-state index contributed by atoms with van der Waals surface area (Å²) in [5.41, 5.74) is -5.82. The van der Waals surface area contributed by atoms with Gasteiger partial charge >= 0.3 is 35.8 Å². The van der Waals surface area contributed by atoms with E-state index >= 15 is 0 Å². The molecule has 2 aromatic rings. The maximum atomic E-state index is 13.8. The first-order valence-corrected chi connectivity index (χ1v) is 18.0. The van der Waals surface area contributed by atoms with Crippen molar-refractivity contribution in [3.05, 3.63) is 90.3 Å². The molecule has 0 spiro atoms. The molecule has 0 radical (unpaired) electrons. The Labute approximate surface area is 325 Å². The number of ether oxygens (including phenoxy) is 6. The number of benzene rings is 1. The van der Waals surface area contributed by atoms with Crippen LogP contribution in [0.2, 0.25) is 0 Å². The zero-order valence-corrected chi connectivity index (χ0v) is 32.6. The van der Waals surface area contributed by atoms with Crippen LogP contribution in [0.25, 0.3) is 0 Å². The van der Waals surface area contributed by atoms with Crippen LogP contribution in [0.3, 0.4) is 0 Å². The summed E-state index contributed by atoms with van der Waals surface area (Å²) >= 11 is 0. The highest BCUT2D eigenvalue weighted by Gasteiger charge is 2.70. The third kappa shape index (κ3) is 9.51. The highest BCUT2D eigenvalue weighted by Crippen LogP contribution is 2.54. The summed E-state index contributed by atoms with van der Waals surface area (Å²) in [6.07, 6.45) is -5.06. The Balaban J connectivity index is 2.06. The number of fused-ring (bicyclic) bond motifs is 1. The Hall–Kier alpha value is -5.41. The van der Waals surface area contributed by atoms with Crippen molar-refractivity contribution >= 4 is 35.8 Å². The van der Waals surface area contributed by atoms with Gasteiger partial charge in [-0.15, -0.1) is 0 Å². The molecule has 0 bridgehead atoms. The van der Waals surface area contributed by atoms with Gasteiger partial charge in [-0.2, -0.15) is 0 Å². The second-order valence-corrected chi connectivity index (χ2v) is 15.1. The summed E-state index contributed by atoms with van der Waals surface area (Å²) in [6, 6.07) is 10.7. The lowest BCUT2D eigenvalue weighted by atomic mass is 9.71. The van der Waals surface area contributed by atoms with Gasteiger partial charge in [-0.25, -0.2) is 9.59 Å². The van der Waals surface area contributed by atoms with Gasteiger partial charge in [0.25, 0.3) is 0 Å². The molecule has 4 rings (SSSR count). The molecule has 1 aromatic heterocycles. The summed E-state index contributed by atoms with van der Waals surface area (Å²) in [5, 5.41) is 25.4. The Morgan fingerprint density at radius 2 is 1.29 bits per heavy atom. The van der Waals surface area contributed by atoms with Crippen LogP contribution in [-0.4, -0.2) is 98.8 Å². The fourth-order valence-corrected chi connectivity index (χ4v) is 7.70. The molecule has 0 amide bonds. The highest BCUT2D eigenvalue weighted by atomic mass is 16.6. The molecule has 8 unspecified atom stereocenters. The second kappa shape index (κ2) is 17.2. The summed E-state index contributed by atoms with van der Waals surface area (Å²) in [5.74, 6) is -7.97. The average Bonchev–Trinajstić information content (AvgIpc) is 3.33. The predicted octanol–water partition coefficient (Wildman–Crippen LogP) is 3.85. The van der Waals surface area contributed by atoms with Crippen LogP contribution in [0.5, 0.6) is 0 Å². The van der Waals surface area contributed by atoms with Gasteiger partial charge in [0.15, 0.2) is 12.2 Å². The SMILES string of the molecule is C=C1C(OC(C)=O)C(O)C(OC(=O)c2cccnc2)C(C)(C)C=CC(C)C(OC(C)=O)[C@@]2(O)C[C@@](C)(OC(C)=O)C(OC(=O)c3ccccc3)C2C1OC(C)=O. The van der Waals surface area contributed by atoms with Crippen molar-refractivity contribution < 1.29 is 67.4 Å². The number of aliphatic hydroxyl groups is 2. The summed E-state index contributed by atoms with van der Waals surface area (Å²) in [6.45, 7) is 14.7. The lowest BCUT2D eigenvalue weighted by Gasteiger charge is -2.45. The van der Waals surface area contributed by atoms with Crippen LogP contribution < -0.4 is 0 Å². The molecule has 15 heteroatoms. The van der Waals surface area contributed by atoms with Crippen molar-refractivity contribution in [3.8, 4) is 0 Å². The number of pyridine rings is 1. The molecule has 302 valence electrons. The van der Waals surface area contributed by atoms with E-state index in [1.54, 1.807) is 51.1 Å². The number of hydrogen-bond donors (Lipinski definition) is 2. The van der Waals surface area contributed by atoms with Crippen molar-refractivity contribution in [2.75, 3.05) is 0 Å². The van der Waals surface area contributed by atoms with E-state index < -0.39 is 107 Å². The van der Waals surface area contributed by atoms with E-state index in [2.05, 4.69) is 11.6 Å². The average molecular weight is 780 g/mol. The number of aliphatic hydroxyl groups excluding tert-OH is 1. The van der Waals surface area contributed by atoms with Gasteiger partial charge in [-0.05, 0) is 31.2 Å². The monoisotopic (exact) mass is 779 g/mol.